The zero-order valence-corrected chi connectivity index (χ0v) is 10.9. The van der Waals surface area contributed by atoms with Crippen LogP contribution in [0.3, 0.4) is 0 Å². The Morgan fingerprint density at radius 1 is 1.31 bits per heavy atom. The topological polar surface area (TPSA) is 38.3 Å². The summed E-state index contributed by atoms with van der Waals surface area (Å²) < 4.78 is 5.28. The predicted octanol–water partition coefficient (Wildman–Crippen LogP) is 3.23. The van der Waals surface area contributed by atoms with Crippen molar-refractivity contribution in [2.75, 3.05) is 0 Å². The highest BCUT2D eigenvalue weighted by Gasteiger charge is 2.67. The Morgan fingerprint density at radius 3 is 2.31 bits per heavy atom. The molecule has 3 nitrogen and oxygen atoms in total. The zero-order chi connectivity index (χ0) is 12.0. The van der Waals surface area contributed by atoms with Gasteiger partial charge < -0.3 is 10.1 Å². The van der Waals surface area contributed by atoms with Crippen LogP contribution in [0, 0.1) is 5.41 Å². The number of hydrogen-bond donors (Lipinski definition) is 1. The number of carbonyl (C=O) groups is 1. The molecule has 1 N–H and O–H groups in total. The molecule has 0 atom stereocenters. The van der Waals surface area contributed by atoms with E-state index in [1.54, 1.807) is 0 Å². The molecule has 1 amide bonds. The quantitative estimate of drug-likeness (QED) is 0.800. The first-order valence-corrected chi connectivity index (χ1v) is 6.29. The molecule has 3 fully saturated rings. The lowest BCUT2D eigenvalue weighted by Gasteiger charge is -2.70. The number of rotatable bonds is 3. The first-order valence-electron chi connectivity index (χ1n) is 6.29. The van der Waals surface area contributed by atoms with E-state index in [1.165, 1.54) is 12.8 Å². The average Bonchev–Trinajstić information content (AvgIpc) is 1.94. The fourth-order valence-corrected chi connectivity index (χ4v) is 3.45. The Balaban J connectivity index is 1.76. The smallest absolute Gasteiger partial charge is 0.408 e. The van der Waals surface area contributed by atoms with E-state index in [2.05, 4.69) is 12.2 Å². The van der Waals surface area contributed by atoms with E-state index in [0.29, 0.717) is 5.41 Å². The summed E-state index contributed by atoms with van der Waals surface area (Å²) in [5.74, 6) is 0. The number of alkyl carbamates (subject to hydrolysis) is 1. The first kappa shape index (κ1) is 11.7. The Hall–Kier alpha value is -0.730. The van der Waals surface area contributed by atoms with Gasteiger partial charge in [-0.3, -0.25) is 0 Å². The molecule has 0 aromatic rings. The SMILES string of the molecule is CCCC12CC(NC(=O)OC(C)(C)C)(C1)C2. The zero-order valence-electron chi connectivity index (χ0n) is 10.9. The van der Waals surface area contributed by atoms with Crippen molar-refractivity contribution in [2.24, 2.45) is 5.41 Å². The summed E-state index contributed by atoms with van der Waals surface area (Å²) >= 11 is 0. The summed E-state index contributed by atoms with van der Waals surface area (Å²) in [6, 6.07) is 0. The molecule has 3 aliphatic carbocycles. The highest BCUT2D eigenvalue weighted by Crippen LogP contribution is 2.69. The molecule has 0 aromatic carbocycles. The molecular formula is C13H23NO2. The third-order valence-electron chi connectivity index (χ3n) is 3.69. The lowest BCUT2D eigenvalue weighted by Crippen LogP contribution is -2.74. The summed E-state index contributed by atoms with van der Waals surface area (Å²) in [6.07, 6.45) is 5.79. The van der Waals surface area contributed by atoms with Gasteiger partial charge in [-0.1, -0.05) is 13.3 Å². The minimum Gasteiger partial charge on any atom is -0.444 e. The monoisotopic (exact) mass is 225 g/mol. The van der Waals surface area contributed by atoms with Crippen molar-refractivity contribution < 1.29 is 9.53 Å². The molecule has 16 heavy (non-hydrogen) atoms. The molecule has 0 saturated heterocycles. The van der Waals surface area contributed by atoms with Gasteiger partial charge in [-0.25, -0.2) is 4.79 Å². The van der Waals surface area contributed by atoms with Crippen molar-refractivity contribution in [1.29, 1.82) is 0 Å². The Bertz CT molecular complexity index is 284. The molecule has 0 radical (unpaired) electrons. The summed E-state index contributed by atoms with van der Waals surface area (Å²) in [5.41, 5.74) is 0.274. The molecule has 2 bridgehead atoms. The lowest BCUT2D eigenvalue weighted by molar-refractivity contribution is -0.156. The van der Waals surface area contributed by atoms with Crippen molar-refractivity contribution in [3.05, 3.63) is 0 Å². The summed E-state index contributed by atoms with van der Waals surface area (Å²) in [4.78, 5) is 11.6. The van der Waals surface area contributed by atoms with Crippen molar-refractivity contribution >= 4 is 6.09 Å². The van der Waals surface area contributed by atoms with E-state index in [0.717, 1.165) is 19.3 Å². The molecule has 0 aromatic heterocycles. The molecule has 0 aliphatic heterocycles. The first-order chi connectivity index (χ1) is 7.28. The number of nitrogens with one attached hydrogen (secondary N) is 1. The third-order valence-corrected chi connectivity index (χ3v) is 3.69. The van der Waals surface area contributed by atoms with Crippen LogP contribution in [-0.2, 0) is 4.74 Å². The van der Waals surface area contributed by atoms with Gasteiger partial charge in [0.05, 0.1) is 0 Å². The van der Waals surface area contributed by atoms with Crippen molar-refractivity contribution in [3.63, 3.8) is 0 Å². The molecule has 0 unspecified atom stereocenters. The standard InChI is InChI=1S/C13H23NO2/c1-5-6-12-7-13(8-12,9-12)14-10(15)16-11(2,3)4/h5-9H2,1-4H3,(H,14,15). The van der Waals surface area contributed by atoms with Crippen molar-refractivity contribution in [2.45, 2.75) is 70.9 Å². The van der Waals surface area contributed by atoms with Gasteiger partial charge >= 0.3 is 6.09 Å². The maximum absolute atomic E-state index is 11.6. The second-order valence-corrected chi connectivity index (χ2v) is 6.69. The van der Waals surface area contributed by atoms with Gasteiger partial charge in [-0.2, -0.15) is 0 Å². The molecule has 3 saturated carbocycles. The van der Waals surface area contributed by atoms with Crippen LogP contribution in [0.2, 0.25) is 0 Å². The number of carbonyl (C=O) groups excluding carboxylic acids is 1. The normalized spacial score (nSPS) is 36.0. The third kappa shape index (κ3) is 2.04. The predicted molar refractivity (Wildman–Crippen MR) is 63.3 cm³/mol. The van der Waals surface area contributed by atoms with Crippen molar-refractivity contribution in [3.8, 4) is 0 Å². The fourth-order valence-electron chi connectivity index (χ4n) is 3.45. The molecule has 3 heteroatoms. The van der Waals surface area contributed by atoms with E-state index in [1.807, 2.05) is 20.8 Å². The van der Waals surface area contributed by atoms with Crippen LogP contribution >= 0.6 is 0 Å². The van der Waals surface area contributed by atoms with Crippen LogP contribution < -0.4 is 5.32 Å². The Kier molecular flexibility index (Phi) is 2.48. The maximum atomic E-state index is 11.6. The number of ether oxygens (including phenoxy) is 1. The summed E-state index contributed by atoms with van der Waals surface area (Å²) in [5, 5.41) is 3.04. The van der Waals surface area contributed by atoms with Crippen molar-refractivity contribution in [1.82, 2.24) is 5.32 Å². The highest BCUT2D eigenvalue weighted by molar-refractivity contribution is 5.69. The highest BCUT2D eigenvalue weighted by atomic mass is 16.6. The Labute approximate surface area is 97.9 Å². The van der Waals surface area contributed by atoms with Crippen LogP contribution in [0.1, 0.15) is 59.8 Å². The fraction of sp³-hybridized carbons (Fsp3) is 0.923. The summed E-state index contributed by atoms with van der Waals surface area (Å²) in [7, 11) is 0. The molecule has 0 spiro atoms. The lowest BCUT2D eigenvalue weighted by atomic mass is 9.38. The minimum atomic E-state index is -0.394. The van der Waals surface area contributed by atoms with Gasteiger partial charge in [0.1, 0.15) is 5.60 Å². The Morgan fingerprint density at radius 2 is 1.88 bits per heavy atom. The van der Waals surface area contributed by atoms with E-state index in [-0.39, 0.29) is 11.6 Å². The van der Waals surface area contributed by atoms with Gasteiger partial charge in [0, 0.05) is 5.54 Å². The maximum Gasteiger partial charge on any atom is 0.408 e. The molecule has 0 heterocycles. The largest absolute Gasteiger partial charge is 0.444 e. The molecule has 3 aliphatic rings. The van der Waals surface area contributed by atoms with Gasteiger partial charge in [0.2, 0.25) is 0 Å². The van der Waals surface area contributed by atoms with Crippen LogP contribution in [0.5, 0.6) is 0 Å². The second-order valence-electron chi connectivity index (χ2n) is 6.69. The van der Waals surface area contributed by atoms with Gasteiger partial charge in [0.25, 0.3) is 0 Å². The van der Waals surface area contributed by atoms with Gasteiger partial charge in [-0.05, 0) is 51.9 Å². The average molecular weight is 225 g/mol. The van der Waals surface area contributed by atoms with E-state index in [9.17, 15) is 4.79 Å². The molecular weight excluding hydrogens is 202 g/mol. The minimum absolute atomic E-state index is 0.0947. The van der Waals surface area contributed by atoms with Crippen LogP contribution in [0.25, 0.3) is 0 Å². The second kappa shape index (κ2) is 3.38. The van der Waals surface area contributed by atoms with Gasteiger partial charge in [0.15, 0.2) is 0 Å². The molecule has 92 valence electrons. The summed E-state index contributed by atoms with van der Waals surface area (Å²) in [6.45, 7) is 7.92. The van der Waals surface area contributed by atoms with Crippen LogP contribution in [-0.4, -0.2) is 17.2 Å². The number of amides is 1. The van der Waals surface area contributed by atoms with E-state index >= 15 is 0 Å². The van der Waals surface area contributed by atoms with E-state index in [4.69, 9.17) is 4.74 Å². The van der Waals surface area contributed by atoms with E-state index < -0.39 is 5.60 Å². The molecule has 3 rings (SSSR count). The van der Waals surface area contributed by atoms with Gasteiger partial charge in [-0.15, -0.1) is 0 Å². The van der Waals surface area contributed by atoms with Crippen LogP contribution in [0.15, 0.2) is 0 Å². The number of hydrogen-bond acceptors (Lipinski definition) is 2. The van der Waals surface area contributed by atoms with Crippen LogP contribution in [0.4, 0.5) is 4.79 Å².